The summed E-state index contributed by atoms with van der Waals surface area (Å²) in [4.78, 5) is 0. The van der Waals surface area contributed by atoms with Gasteiger partial charge in [0.25, 0.3) is 0 Å². The Bertz CT molecular complexity index is 537. The summed E-state index contributed by atoms with van der Waals surface area (Å²) in [5.74, 6) is 0.0191. The van der Waals surface area contributed by atoms with E-state index in [1.165, 1.54) is 128 Å². The Hall–Kier alpha value is 0.610. The maximum Gasteiger partial charge on any atom is 1.00 e. The molecule has 0 bridgehead atoms. The van der Waals surface area contributed by atoms with E-state index in [1.54, 1.807) is 0 Å². The average Bonchev–Trinajstić information content (AvgIpc) is 2.80. The molecule has 0 spiro atoms. The molecule has 0 aliphatic heterocycles. The zero-order chi connectivity index (χ0) is 25.2. The van der Waals surface area contributed by atoms with Gasteiger partial charge in [0.1, 0.15) is 0 Å². The molecular weight excluding hydrogens is 467 g/mol. The van der Waals surface area contributed by atoms with Gasteiger partial charge in [-0.05, 0) is 19.3 Å². The smallest absolute Gasteiger partial charge is 0.726 e. The van der Waals surface area contributed by atoms with Crippen LogP contribution in [0.15, 0.2) is 12.2 Å². The summed E-state index contributed by atoms with van der Waals surface area (Å²) in [5.41, 5.74) is 0. The first-order valence-corrected chi connectivity index (χ1v) is 16.1. The fourth-order valence-electron chi connectivity index (χ4n) is 4.51. The molecule has 1 atom stereocenters. The number of hydrogen-bond donors (Lipinski definition) is 0. The Labute approximate surface area is 242 Å². The summed E-state index contributed by atoms with van der Waals surface area (Å²) in [7, 11) is -4.61. The van der Waals surface area contributed by atoms with Crippen molar-refractivity contribution < 1.29 is 46.7 Å². The van der Waals surface area contributed by atoms with Crippen LogP contribution < -0.4 is 29.6 Å². The monoisotopic (exact) mass is 524 g/mol. The van der Waals surface area contributed by atoms with Crippen LogP contribution in [0, 0.1) is 5.92 Å². The van der Waals surface area contributed by atoms with Crippen molar-refractivity contribution in [1.82, 2.24) is 0 Å². The third kappa shape index (κ3) is 32.6. The summed E-state index contributed by atoms with van der Waals surface area (Å²) < 4.78 is 37.1. The Balaban J connectivity index is 0. The van der Waals surface area contributed by atoms with Crippen molar-refractivity contribution in [3.05, 3.63) is 12.2 Å². The van der Waals surface area contributed by atoms with Crippen LogP contribution >= 0.6 is 0 Å². The van der Waals surface area contributed by atoms with Crippen LogP contribution in [0.25, 0.3) is 0 Å². The third-order valence-electron chi connectivity index (χ3n) is 6.74. The predicted molar refractivity (Wildman–Crippen MR) is 146 cm³/mol. The molecule has 0 fully saturated rings. The second-order valence-electron chi connectivity index (χ2n) is 10.2. The Morgan fingerprint density at radius 1 is 0.629 bits per heavy atom. The van der Waals surface area contributed by atoms with Gasteiger partial charge in [-0.1, -0.05) is 154 Å². The van der Waals surface area contributed by atoms with Crippen LogP contribution in [0.5, 0.6) is 0 Å². The fourth-order valence-corrected chi connectivity index (χ4v) is 4.86. The molecule has 0 aliphatic rings. The van der Waals surface area contributed by atoms with Gasteiger partial charge in [-0.15, -0.1) is 0 Å². The molecule has 0 rings (SSSR count). The molecule has 204 valence electrons. The quantitative estimate of drug-likeness (QED) is 0.0397. The van der Waals surface area contributed by atoms with Crippen molar-refractivity contribution >= 4 is 10.4 Å². The molecule has 0 heterocycles. The van der Waals surface area contributed by atoms with E-state index in [4.69, 9.17) is 0 Å². The number of unbranched alkanes of at least 4 members (excludes halogenated alkanes) is 20. The zero-order valence-corrected chi connectivity index (χ0v) is 26.6. The molecule has 4 nitrogen and oxygen atoms in total. The first-order chi connectivity index (χ1) is 16.5. The van der Waals surface area contributed by atoms with Gasteiger partial charge >= 0.3 is 29.6 Å². The third-order valence-corrected chi connectivity index (χ3v) is 7.16. The Kier molecular flexibility index (Phi) is 31.5. The van der Waals surface area contributed by atoms with E-state index in [1.807, 2.05) is 0 Å². The SMILES string of the molecule is CCCCCCCCC/C=C/C(CCCCCCCCCCCCCCCC)COS(=O)(=O)[O-].[Na+]. The van der Waals surface area contributed by atoms with Crippen LogP contribution in [0.2, 0.25) is 0 Å². The maximum absolute atomic E-state index is 10.9. The van der Waals surface area contributed by atoms with Crippen LogP contribution in [0.1, 0.15) is 162 Å². The fraction of sp³-hybridized carbons (Fsp3) is 0.931. The van der Waals surface area contributed by atoms with Crippen LogP contribution in [-0.2, 0) is 14.6 Å². The molecule has 6 heteroatoms. The van der Waals surface area contributed by atoms with Crippen LogP contribution in [0.4, 0.5) is 0 Å². The van der Waals surface area contributed by atoms with E-state index in [0.29, 0.717) is 0 Å². The molecule has 0 radical (unpaired) electrons. The standard InChI is InChI=1S/C29H58O4S.Na/c1-3-5-7-9-11-13-14-15-16-17-19-21-23-25-27-29(28-33-34(30,31)32)26-24-22-20-18-12-10-8-6-4-2;/h24,26,29H,3-23,25,27-28H2,1-2H3,(H,30,31,32);/q;+1/p-1/b26-24+;. The van der Waals surface area contributed by atoms with Crippen molar-refractivity contribution in [3.63, 3.8) is 0 Å². The zero-order valence-electron chi connectivity index (χ0n) is 23.7. The maximum atomic E-state index is 10.9. The van der Waals surface area contributed by atoms with Gasteiger partial charge < -0.3 is 4.55 Å². The van der Waals surface area contributed by atoms with Crippen molar-refractivity contribution in [2.24, 2.45) is 5.92 Å². The largest absolute Gasteiger partial charge is 1.00 e. The molecule has 0 aromatic heterocycles. The summed E-state index contributed by atoms with van der Waals surface area (Å²) in [5, 5.41) is 0. The predicted octanol–water partition coefficient (Wildman–Crippen LogP) is 6.65. The molecule has 0 aromatic rings. The first kappa shape index (κ1) is 37.8. The van der Waals surface area contributed by atoms with Gasteiger partial charge in [-0.2, -0.15) is 0 Å². The minimum atomic E-state index is -4.61. The molecule has 35 heavy (non-hydrogen) atoms. The van der Waals surface area contributed by atoms with Crippen molar-refractivity contribution in [3.8, 4) is 0 Å². The number of hydrogen-bond acceptors (Lipinski definition) is 4. The van der Waals surface area contributed by atoms with Gasteiger partial charge in [0.15, 0.2) is 0 Å². The average molecular weight is 525 g/mol. The first-order valence-electron chi connectivity index (χ1n) is 14.8. The van der Waals surface area contributed by atoms with Crippen LogP contribution in [0.3, 0.4) is 0 Å². The number of allylic oxidation sites excluding steroid dienone is 1. The van der Waals surface area contributed by atoms with E-state index in [9.17, 15) is 13.0 Å². The van der Waals surface area contributed by atoms with Gasteiger partial charge in [0.05, 0.1) is 6.61 Å². The molecule has 0 N–H and O–H groups in total. The molecule has 0 saturated carbocycles. The van der Waals surface area contributed by atoms with Gasteiger partial charge in [-0.25, -0.2) is 8.42 Å². The topological polar surface area (TPSA) is 66.4 Å². The summed E-state index contributed by atoms with van der Waals surface area (Å²) in [6, 6.07) is 0. The Morgan fingerprint density at radius 3 is 1.40 bits per heavy atom. The molecule has 0 saturated heterocycles. The van der Waals surface area contributed by atoms with Crippen molar-refractivity contribution in [2.75, 3.05) is 6.61 Å². The second kappa shape index (κ2) is 29.2. The molecule has 0 amide bonds. The van der Waals surface area contributed by atoms with E-state index >= 15 is 0 Å². The number of rotatable bonds is 27. The minimum absolute atomic E-state index is 0. The van der Waals surface area contributed by atoms with Crippen LogP contribution in [-0.4, -0.2) is 19.6 Å². The normalized spacial score (nSPS) is 12.8. The van der Waals surface area contributed by atoms with E-state index in [0.717, 1.165) is 19.3 Å². The van der Waals surface area contributed by atoms with Gasteiger partial charge in [-0.3, -0.25) is 4.18 Å². The summed E-state index contributed by atoms with van der Waals surface area (Å²) >= 11 is 0. The summed E-state index contributed by atoms with van der Waals surface area (Å²) in [6.45, 7) is 4.49. The van der Waals surface area contributed by atoms with E-state index < -0.39 is 10.4 Å². The van der Waals surface area contributed by atoms with E-state index in [2.05, 4.69) is 30.2 Å². The van der Waals surface area contributed by atoms with Crippen molar-refractivity contribution in [1.29, 1.82) is 0 Å². The van der Waals surface area contributed by atoms with Gasteiger partial charge in [0, 0.05) is 5.92 Å². The summed E-state index contributed by atoms with van der Waals surface area (Å²) in [6.07, 6.45) is 33.7. The van der Waals surface area contributed by atoms with Gasteiger partial charge in [0.2, 0.25) is 10.4 Å². The molecule has 0 aromatic carbocycles. The molecular formula is C29H57NaO4S. The Morgan fingerprint density at radius 2 is 1.00 bits per heavy atom. The minimum Gasteiger partial charge on any atom is -0.726 e. The molecule has 1 unspecified atom stereocenters. The van der Waals surface area contributed by atoms with Crippen molar-refractivity contribution in [2.45, 2.75) is 162 Å². The van der Waals surface area contributed by atoms with E-state index in [-0.39, 0.29) is 42.1 Å². The second-order valence-corrected chi connectivity index (χ2v) is 11.2. The molecule has 0 aliphatic carbocycles.